The Balaban J connectivity index is 0.967. The average molecular weight is 703 g/mol. The first-order valence-electron chi connectivity index (χ1n) is 17.3. The lowest BCUT2D eigenvalue weighted by molar-refractivity contribution is -0.130. The van der Waals surface area contributed by atoms with Gasteiger partial charge in [-0.25, -0.2) is 13.2 Å². The lowest BCUT2D eigenvalue weighted by atomic mass is 9.93. The quantitative estimate of drug-likeness (QED) is 0.258. The summed E-state index contributed by atoms with van der Waals surface area (Å²) in [6, 6.07) is 12.5. The molecule has 0 radical (unpaired) electrons. The lowest BCUT2D eigenvalue weighted by Gasteiger charge is -2.46. The number of ether oxygens (including phenoxy) is 1. The molecule has 13 heteroatoms. The molecule has 3 fully saturated rings. The van der Waals surface area contributed by atoms with Crippen LogP contribution in [0.3, 0.4) is 0 Å². The van der Waals surface area contributed by atoms with E-state index < -0.39 is 30.4 Å². The first kappa shape index (κ1) is 34.7. The van der Waals surface area contributed by atoms with Crippen LogP contribution in [0.25, 0.3) is 21.9 Å². The van der Waals surface area contributed by atoms with Gasteiger partial charge in [0.25, 0.3) is 11.5 Å². The average Bonchev–Trinajstić information content (AvgIpc) is 3.11. The Bertz CT molecular complexity index is 2030. The monoisotopic (exact) mass is 702 g/mol. The third-order valence-electron chi connectivity index (χ3n) is 10.4. The number of hydrogen-bond acceptors (Lipinski definition) is 9. The van der Waals surface area contributed by atoms with Gasteiger partial charge in [0.15, 0.2) is 5.78 Å². The topological polar surface area (TPSA) is 100 Å². The van der Waals surface area contributed by atoms with Crippen molar-refractivity contribution in [1.29, 1.82) is 0 Å². The van der Waals surface area contributed by atoms with Crippen molar-refractivity contribution in [2.24, 2.45) is 7.05 Å². The van der Waals surface area contributed by atoms with Crippen LogP contribution < -0.4 is 20.5 Å². The van der Waals surface area contributed by atoms with Gasteiger partial charge in [-0.05, 0) is 48.6 Å². The second-order valence-electron chi connectivity index (χ2n) is 13.8. The molecule has 1 N–H and O–H groups in total. The van der Waals surface area contributed by atoms with Gasteiger partial charge in [-0.15, -0.1) is 0 Å². The van der Waals surface area contributed by atoms with E-state index in [1.807, 2.05) is 34.1 Å². The summed E-state index contributed by atoms with van der Waals surface area (Å²) in [4.78, 5) is 46.4. The zero-order valence-electron chi connectivity index (χ0n) is 28.7. The minimum atomic E-state index is -2.97. The number of aryl methyl sites for hydroxylation is 1. The van der Waals surface area contributed by atoms with Crippen molar-refractivity contribution >= 4 is 33.7 Å². The maximum Gasteiger partial charge on any atom is 0.275 e. The number of piperazine rings is 1. The highest BCUT2D eigenvalue weighted by Crippen LogP contribution is 2.35. The Hall–Kier alpha value is -4.75. The molecule has 2 aliphatic heterocycles. The van der Waals surface area contributed by atoms with Gasteiger partial charge in [0.05, 0.1) is 43.5 Å². The van der Waals surface area contributed by atoms with E-state index in [0.717, 1.165) is 16.5 Å². The van der Waals surface area contributed by atoms with Crippen LogP contribution in [0.2, 0.25) is 0 Å². The van der Waals surface area contributed by atoms with E-state index in [4.69, 9.17) is 4.74 Å². The van der Waals surface area contributed by atoms with Crippen molar-refractivity contribution in [2.75, 3.05) is 56.6 Å². The Kier molecular flexibility index (Phi) is 9.60. The Labute approximate surface area is 293 Å². The Morgan fingerprint density at radius 1 is 0.980 bits per heavy atom. The molecular formula is C38H41F3N6O4. The number of aromatic nitrogens is 2. The van der Waals surface area contributed by atoms with Crippen LogP contribution in [-0.4, -0.2) is 95.3 Å². The van der Waals surface area contributed by atoms with E-state index in [9.17, 15) is 14.4 Å². The number of Topliss-reactive ketones (excluding diaryl/α,β-unsaturated/α-hetero) is 2. The van der Waals surface area contributed by atoms with Crippen molar-refractivity contribution < 1.29 is 27.5 Å². The van der Waals surface area contributed by atoms with Crippen molar-refractivity contribution in [3.63, 3.8) is 0 Å². The van der Waals surface area contributed by atoms with E-state index in [2.05, 4.69) is 10.3 Å². The van der Waals surface area contributed by atoms with Gasteiger partial charge >= 0.3 is 0 Å². The summed E-state index contributed by atoms with van der Waals surface area (Å²) in [5, 5.41) is 4.44. The van der Waals surface area contributed by atoms with E-state index in [-0.39, 0.29) is 36.5 Å². The number of anilines is 2. The molecule has 268 valence electrons. The number of carbonyl (C=O) groups excluding carboxylic acids is 2. The first-order chi connectivity index (χ1) is 24.5. The first-order valence-corrected chi connectivity index (χ1v) is 17.3. The summed E-state index contributed by atoms with van der Waals surface area (Å²) in [6.07, 6.45) is 4.36. The number of ketones is 2. The highest BCUT2D eigenvalue weighted by molar-refractivity contribution is 6.05. The Morgan fingerprint density at radius 2 is 1.75 bits per heavy atom. The molecule has 3 aliphatic rings. The van der Waals surface area contributed by atoms with E-state index in [1.54, 1.807) is 42.5 Å². The molecule has 2 aromatic carbocycles. The van der Waals surface area contributed by atoms with Gasteiger partial charge in [-0.3, -0.25) is 29.2 Å². The second-order valence-corrected chi connectivity index (χ2v) is 13.8. The smallest absolute Gasteiger partial charge is 0.275 e. The van der Waals surface area contributed by atoms with Crippen LogP contribution in [0.5, 0.6) is 5.75 Å². The predicted octanol–water partition coefficient (Wildman–Crippen LogP) is 4.88. The summed E-state index contributed by atoms with van der Waals surface area (Å²) < 4.78 is 54.0. The van der Waals surface area contributed by atoms with Crippen LogP contribution in [0.1, 0.15) is 31.4 Å². The largest absolute Gasteiger partial charge is 0.495 e. The molecule has 2 saturated heterocycles. The number of fused-ring (bicyclic) bond motifs is 1. The number of alkyl halides is 2. The third-order valence-corrected chi connectivity index (χ3v) is 10.4. The van der Waals surface area contributed by atoms with Crippen molar-refractivity contribution in [3.05, 3.63) is 82.8 Å². The fourth-order valence-electron chi connectivity index (χ4n) is 7.71. The summed E-state index contributed by atoms with van der Waals surface area (Å²) in [7, 11) is 3.23. The molecular weight excluding hydrogens is 661 g/mol. The van der Waals surface area contributed by atoms with Crippen LogP contribution in [0.15, 0.2) is 65.7 Å². The maximum atomic E-state index is 15.8. The zero-order valence-corrected chi connectivity index (χ0v) is 28.7. The number of piperidine rings is 1. The SMILES string of the molecule is COc1cc(-c2cn(C)c(=O)c3ccccc23)cnc1CN1CCC(N2CCN(c3ccc(NC4CCC(=O)CC4=O)cc3F)CC2)C(F)(F)C1. The van der Waals surface area contributed by atoms with Gasteiger partial charge in [-0.2, -0.15) is 0 Å². The van der Waals surface area contributed by atoms with Gasteiger partial charge in [0.1, 0.15) is 17.3 Å². The predicted molar refractivity (Wildman–Crippen MR) is 189 cm³/mol. The van der Waals surface area contributed by atoms with Gasteiger partial charge in [-0.1, -0.05) is 18.2 Å². The van der Waals surface area contributed by atoms with Gasteiger partial charge in [0.2, 0.25) is 0 Å². The molecule has 0 spiro atoms. The fourth-order valence-corrected chi connectivity index (χ4v) is 7.71. The molecule has 2 atom stereocenters. The standard InChI is InChI=1S/C38H41F3N6O4/c1-44-21-29(27-5-3-4-6-28(27)37(44)50)24-17-35(51-2)32(42-20-24)22-45-12-11-36(38(40,41)23-45)47-15-13-46(14-16-47)33-10-7-25(18-30(33)39)43-31-9-8-26(48)19-34(31)49/h3-7,10,17-18,20-21,31,36,43H,8-9,11-16,19,22-23H2,1-2H3. The van der Waals surface area contributed by atoms with Crippen LogP contribution in [-0.2, 0) is 23.2 Å². The normalized spacial score (nSPS) is 21.6. The number of hydrogen-bond donors (Lipinski definition) is 1. The number of nitrogens with one attached hydrogen (secondary N) is 1. The molecule has 7 rings (SSSR count). The fraction of sp³-hybridized carbons (Fsp3) is 0.421. The molecule has 1 saturated carbocycles. The number of halogens is 3. The molecule has 0 amide bonds. The maximum absolute atomic E-state index is 15.8. The molecule has 51 heavy (non-hydrogen) atoms. The molecule has 2 unspecified atom stereocenters. The number of methoxy groups -OCH3 is 1. The van der Waals surface area contributed by atoms with Crippen molar-refractivity contribution in [2.45, 2.75) is 50.2 Å². The third kappa shape index (κ3) is 7.09. The molecule has 4 aromatic rings. The van der Waals surface area contributed by atoms with Crippen molar-refractivity contribution in [1.82, 2.24) is 19.4 Å². The van der Waals surface area contributed by atoms with Gasteiger partial charge in [0, 0.05) is 87.3 Å². The summed E-state index contributed by atoms with van der Waals surface area (Å²) in [5.74, 6) is -3.20. The number of likely N-dealkylation sites (tertiary alicyclic amines) is 1. The van der Waals surface area contributed by atoms with Crippen LogP contribution in [0.4, 0.5) is 24.5 Å². The number of rotatable bonds is 8. The number of nitrogens with zero attached hydrogens (tertiary/aromatic N) is 5. The number of carbonyl (C=O) groups is 2. The number of pyridine rings is 2. The Morgan fingerprint density at radius 3 is 2.45 bits per heavy atom. The molecule has 2 aromatic heterocycles. The highest BCUT2D eigenvalue weighted by Gasteiger charge is 2.48. The summed E-state index contributed by atoms with van der Waals surface area (Å²) in [5.41, 5.74) is 2.90. The molecule has 10 nitrogen and oxygen atoms in total. The van der Waals surface area contributed by atoms with Gasteiger partial charge < -0.3 is 19.5 Å². The van der Waals surface area contributed by atoms with E-state index >= 15 is 13.2 Å². The lowest BCUT2D eigenvalue weighted by Crippen LogP contribution is -2.61. The number of benzene rings is 2. The highest BCUT2D eigenvalue weighted by atomic mass is 19.3. The molecule has 1 aliphatic carbocycles. The molecule has 0 bridgehead atoms. The minimum Gasteiger partial charge on any atom is -0.495 e. The summed E-state index contributed by atoms with van der Waals surface area (Å²) >= 11 is 0. The van der Waals surface area contributed by atoms with Crippen LogP contribution in [0, 0.1) is 5.82 Å². The van der Waals surface area contributed by atoms with Crippen molar-refractivity contribution in [3.8, 4) is 16.9 Å². The second kappa shape index (κ2) is 14.1. The zero-order chi connectivity index (χ0) is 35.9. The van der Waals surface area contributed by atoms with E-state index in [1.165, 1.54) is 17.7 Å². The van der Waals surface area contributed by atoms with Crippen LogP contribution >= 0.6 is 0 Å². The van der Waals surface area contributed by atoms with E-state index in [0.29, 0.717) is 73.8 Å². The minimum absolute atomic E-state index is 0.0730. The molecule has 4 heterocycles. The summed E-state index contributed by atoms with van der Waals surface area (Å²) in [6.45, 7) is 1.80.